The topological polar surface area (TPSA) is 38.3 Å². The maximum Gasteiger partial charge on any atom is 0.332 e. The number of hydrogen-bond acceptors (Lipinski definition) is 3. The molecule has 0 spiro atoms. The van der Waals surface area contributed by atoms with Crippen molar-refractivity contribution >= 4 is 11.7 Å². The summed E-state index contributed by atoms with van der Waals surface area (Å²) in [6, 6.07) is 6.28. The first kappa shape index (κ1) is 14.3. The number of anilines is 1. The lowest BCUT2D eigenvalue weighted by Gasteiger charge is -2.15. The number of aryl methyl sites for hydroxylation is 2. The molecular weight excluding hydrogens is 226 g/mol. The van der Waals surface area contributed by atoms with E-state index in [0.717, 1.165) is 24.2 Å². The summed E-state index contributed by atoms with van der Waals surface area (Å²) in [6.45, 7) is 6.11. The number of carbonyl (C=O) groups excluding carboxylic acids is 1. The Morgan fingerprint density at radius 3 is 2.28 bits per heavy atom. The molecule has 3 nitrogen and oxygen atoms in total. The lowest BCUT2D eigenvalue weighted by atomic mass is 10.0. The number of hydrogen-bond donors (Lipinski definition) is 1. The second-order valence-corrected chi connectivity index (χ2v) is 4.13. The van der Waals surface area contributed by atoms with Gasteiger partial charge in [-0.3, -0.25) is 0 Å². The van der Waals surface area contributed by atoms with Crippen molar-refractivity contribution in [1.82, 2.24) is 0 Å². The molecule has 0 fully saturated rings. The van der Waals surface area contributed by atoms with Crippen molar-refractivity contribution in [2.75, 3.05) is 12.4 Å². The average Bonchev–Trinajstić information content (AvgIpc) is 2.38. The molecule has 0 unspecified atom stereocenters. The molecule has 98 valence electrons. The van der Waals surface area contributed by atoms with Gasteiger partial charge in [0.05, 0.1) is 7.11 Å². The maximum absolute atomic E-state index is 11.2. The van der Waals surface area contributed by atoms with E-state index in [1.165, 1.54) is 24.3 Å². The number of para-hydroxylation sites is 1. The van der Waals surface area contributed by atoms with Crippen LogP contribution in [0.1, 0.15) is 31.9 Å². The van der Waals surface area contributed by atoms with Crippen molar-refractivity contribution in [2.45, 2.75) is 33.6 Å². The summed E-state index contributed by atoms with van der Waals surface area (Å²) in [6.07, 6.45) is 3.38. The molecule has 0 aliphatic rings. The lowest BCUT2D eigenvalue weighted by Crippen LogP contribution is -2.06. The first-order valence-corrected chi connectivity index (χ1v) is 6.26. The highest BCUT2D eigenvalue weighted by Gasteiger charge is 2.06. The largest absolute Gasteiger partial charge is 0.466 e. The highest BCUT2D eigenvalue weighted by Crippen LogP contribution is 2.23. The Hall–Kier alpha value is -1.77. The van der Waals surface area contributed by atoms with Gasteiger partial charge in [0.2, 0.25) is 0 Å². The molecule has 0 saturated heterocycles. The van der Waals surface area contributed by atoms with Crippen LogP contribution in [0.3, 0.4) is 0 Å². The minimum atomic E-state index is -0.341. The number of methoxy groups -OCH3 is 1. The fourth-order valence-electron chi connectivity index (χ4n) is 1.87. The van der Waals surface area contributed by atoms with Crippen LogP contribution in [-0.4, -0.2) is 13.1 Å². The van der Waals surface area contributed by atoms with E-state index in [4.69, 9.17) is 0 Å². The quantitative estimate of drug-likeness (QED) is 0.641. The van der Waals surface area contributed by atoms with E-state index in [2.05, 4.69) is 42.1 Å². The number of ether oxygens (including phenoxy) is 1. The Kier molecular flexibility index (Phi) is 5.43. The summed E-state index contributed by atoms with van der Waals surface area (Å²) in [5, 5.41) is 3.31. The molecule has 0 amide bonds. The van der Waals surface area contributed by atoms with Crippen molar-refractivity contribution in [3.05, 3.63) is 41.1 Å². The van der Waals surface area contributed by atoms with Gasteiger partial charge in [-0.1, -0.05) is 32.0 Å². The van der Waals surface area contributed by atoms with Gasteiger partial charge in [0.15, 0.2) is 0 Å². The Morgan fingerprint density at radius 2 is 1.83 bits per heavy atom. The highest BCUT2D eigenvalue weighted by atomic mass is 16.5. The van der Waals surface area contributed by atoms with Gasteiger partial charge in [-0.25, -0.2) is 4.79 Å². The van der Waals surface area contributed by atoms with Crippen LogP contribution in [0.25, 0.3) is 0 Å². The van der Waals surface area contributed by atoms with Crippen molar-refractivity contribution in [1.29, 1.82) is 0 Å². The molecule has 0 atom stereocenters. The Balaban J connectivity index is 3.02. The Bertz CT molecular complexity index is 428. The fraction of sp³-hybridized carbons (Fsp3) is 0.400. The van der Waals surface area contributed by atoms with E-state index >= 15 is 0 Å². The van der Waals surface area contributed by atoms with Crippen molar-refractivity contribution in [3.8, 4) is 0 Å². The second-order valence-electron chi connectivity index (χ2n) is 4.13. The molecular formula is C15H21NO2. The summed E-state index contributed by atoms with van der Waals surface area (Å²) < 4.78 is 4.62. The van der Waals surface area contributed by atoms with Gasteiger partial charge in [0, 0.05) is 17.5 Å². The van der Waals surface area contributed by atoms with Gasteiger partial charge >= 0.3 is 5.97 Å². The van der Waals surface area contributed by atoms with Gasteiger partial charge in [-0.2, -0.15) is 0 Å². The zero-order valence-corrected chi connectivity index (χ0v) is 11.5. The van der Waals surface area contributed by atoms with Crippen LogP contribution < -0.4 is 5.32 Å². The number of benzene rings is 1. The van der Waals surface area contributed by atoms with Gasteiger partial charge < -0.3 is 10.1 Å². The molecule has 0 bridgehead atoms. The summed E-state index contributed by atoms with van der Waals surface area (Å²) in [7, 11) is 1.38. The summed E-state index contributed by atoms with van der Waals surface area (Å²) in [5.74, 6) is -0.341. The summed E-state index contributed by atoms with van der Waals surface area (Å²) >= 11 is 0. The predicted molar refractivity (Wildman–Crippen MR) is 74.6 cm³/mol. The minimum absolute atomic E-state index is 0.341. The molecule has 1 aromatic rings. The zero-order chi connectivity index (χ0) is 13.5. The molecule has 3 heteroatoms. The number of nitrogens with one attached hydrogen (secondary N) is 1. The van der Waals surface area contributed by atoms with Crippen molar-refractivity contribution in [3.63, 3.8) is 0 Å². The number of allylic oxidation sites excluding steroid dienone is 1. The van der Waals surface area contributed by atoms with E-state index in [-0.39, 0.29) is 5.97 Å². The van der Waals surface area contributed by atoms with E-state index in [9.17, 15) is 4.79 Å². The van der Waals surface area contributed by atoms with E-state index < -0.39 is 0 Å². The third-order valence-electron chi connectivity index (χ3n) is 2.86. The second kappa shape index (κ2) is 6.84. The predicted octanol–water partition coefficient (Wildman–Crippen LogP) is 3.30. The molecule has 18 heavy (non-hydrogen) atoms. The van der Waals surface area contributed by atoms with Gasteiger partial charge in [-0.05, 0) is 30.9 Å². The summed E-state index contributed by atoms with van der Waals surface area (Å²) in [5.41, 5.74) is 4.41. The molecule has 1 rings (SSSR count). The third-order valence-corrected chi connectivity index (χ3v) is 2.86. The first-order valence-electron chi connectivity index (χ1n) is 6.26. The van der Waals surface area contributed by atoms with Crippen molar-refractivity contribution < 1.29 is 9.53 Å². The van der Waals surface area contributed by atoms with Crippen LogP contribution in [0, 0.1) is 0 Å². The number of esters is 1. The normalized spacial score (nSPS) is 11.2. The van der Waals surface area contributed by atoms with Gasteiger partial charge in [-0.15, -0.1) is 0 Å². The van der Waals surface area contributed by atoms with Crippen LogP contribution >= 0.6 is 0 Å². The number of carbonyl (C=O) groups is 1. The van der Waals surface area contributed by atoms with Crippen LogP contribution in [0.2, 0.25) is 0 Å². The standard InChI is InChI=1S/C15H21NO2/c1-5-12-8-7-9-13(6-2)15(12)16-11(3)10-14(17)18-4/h7-10,16H,5-6H2,1-4H3. The van der Waals surface area contributed by atoms with Crippen LogP contribution in [0.4, 0.5) is 5.69 Å². The zero-order valence-electron chi connectivity index (χ0n) is 11.5. The van der Waals surface area contributed by atoms with Crippen LogP contribution in [-0.2, 0) is 22.4 Å². The molecule has 0 aromatic heterocycles. The van der Waals surface area contributed by atoms with Crippen molar-refractivity contribution in [2.24, 2.45) is 0 Å². The maximum atomic E-state index is 11.2. The van der Waals surface area contributed by atoms with E-state index in [0.29, 0.717) is 0 Å². The van der Waals surface area contributed by atoms with E-state index in [1.54, 1.807) is 0 Å². The Morgan fingerprint density at radius 1 is 1.28 bits per heavy atom. The lowest BCUT2D eigenvalue weighted by molar-refractivity contribution is -0.134. The highest BCUT2D eigenvalue weighted by molar-refractivity contribution is 5.83. The molecule has 0 heterocycles. The fourth-order valence-corrected chi connectivity index (χ4v) is 1.87. The minimum Gasteiger partial charge on any atom is -0.466 e. The average molecular weight is 247 g/mol. The Labute approximate surface area is 109 Å². The van der Waals surface area contributed by atoms with E-state index in [1.807, 2.05) is 6.92 Å². The molecule has 0 radical (unpaired) electrons. The molecule has 0 saturated carbocycles. The first-order chi connectivity index (χ1) is 8.62. The molecule has 0 aliphatic heterocycles. The molecule has 1 N–H and O–H groups in total. The van der Waals surface area contributed by atoms with Crippen LogP contribution in [0.15, 0.2) is 30.0 Å². The van der Waals surface area contributed by atoms with Gasteiger partial charge in [0.25, 0.3) is 0 Å². The summed E-state index contributed by atoms with van der Waals surface area (Å²) in [4.78, 5) is 11.2. The smallest absolute Gasteiger partial charge is 0.332 e. The van der Waals surface area contributed by atoms with Gasteiger partial charge in [0.1, 0.15) is 0 Å². The monoisotopic (exact) mass is 247 g/mol. The molecule has 1 aromatic carbocycles. The van der Waals surface area contributed by atoms with Crippen LogP contribution in [0.5, 0.6) is 0 Å². The molecule has 0 aliphatic carbocycles. The SMILES string of the molecule is CCc1cccc(CC)c1NC(C)=CC(=O)OC. The third kappa shape index (κ3) is 3.62. The number of rotatable bonds is 5.